The van der Waals surface area contributed by atoms with Gasteiger partial charge in [-0.05, 0) is 0 Å². The van der Waals surface area contributed by atoms with Crippen LogP contribution in [-0.4, -0.2) is 406 Å². The van der Waals surface area contributed by atoms with Crippen LogP contribution in [0.2, 0.25) is 0 Å². The summed E-state index contributed by atoms with van der Waals surface area (Å²) >= 11 is 0. The minimum Gasteiger partial charge on any atom is -0.430 e. The Bertz CT molecular complexity index is 3840. The Balaban J connectivity index is 0.951. The predicted octanol–water partition coefficient (Wildman–Crippen LogP) is -2.85. The van der Waals surface area contributed by atoms with Crippen molar-refractivity contribution in [3.05, 3.63) is 0 Å². The first-order valence-electron chi connectivity index (χ1n) is 41.3. The molecule has 61 nitrogen and oxygen atoms in total. The van der Waals surface area contributed by atoms with Crippen LogP contribution >= 0.6 is 0 Å². The molecule has 8 aliphatic heterocycles. The molecule has 8 fully saturated rings. The van der Waals surface area contributed by atoms with E-state index in [0.29, 0.717) is 0 Å². The standard InChI is InChI=1S/C74H94N8O53/c83-51-1-2-52(84)75(51)128-67(99)120-19-17-107-33-45(114-21-27-122-69(101)130-77-55(87)5-6-56(77)88)35-109-37-47(116-23-29-124-71(103)132-79-59(91)9-10-60(79)92)39-111-41-49(118-25-31-126-73(105)134-81-63(95)13-14-64(81)96)43-113-44-50(119-26-32-127-74(106)135-82-65(97)15-16-66(82)98)42-112-40-48(117-24-30-125-72(104)133-80-61(93)11-12-62(80)94)38-110-36-46(115-22-28-123-70(102)131-78-57(89)7-8-58(78)90)34-108-18-20-121-68(100)129-76-53(85)3-4-54(76)86/h45-50H,1-44H2. The molecule has 0 aromatic rings. The summed E-state index contributed by atoms with van der Waals surface area (Å²) < 4.78 is 117. The van der Waals surface area contributed by atoms with Crippen LogP contribution in [0.3, 0.4) is 0 Å². The molecule has 0 aliphatic carbocycles. The number of ether oxygens (including phenoxy) is 21. The Hall–Kier alpha value is -13.2. The molecule has 61 heteroatoms. The molecule has 0 radical (unpaired) electrons. The van der Waals surface area contributed by atoms with E-state index in [9.17, 15) is 115 Å². The molecule has 0 aromatic carbocycles. The first-order chi connectivity index (χ1) is 64.9. The first kappa shape index (κ1) is 107. The number of hydrogen-bond acceptors (Lipinski definition) is 53. The van der Waals surface area contributed by atoms with E-state index < -0.39 is 352 Å². The van der Waals surface area contributed by atoms with Gasteiger partial charge < -0.3 is 99.5 Å². The Kier molecular flexibility index (Phi) is 45.5. The minimum atomic E-state index is -1.51. The number of carbonyl (C=O) groups is 24. The van der Waals surface area contributed by atoms with E-state index in [2.05, 4.69) is 9.68 Å². The summed E-state index contributed by atoms with van der Waals surface area (Å²) in [5, 5.41) is 1.78. The lowest BCUT2D eigenvalue weighted by Gasteiger charge is -2.24. The molecule has 8 rings (SSSR count). The molecule has 0 bridgehead atoms. The van der Waals surface area contributed by atoms with Gasteiger partial charge in [0.25, 0.3) is 94.5 Å². The van der Waals surface area contributed by atoms with Crippen molar-refractivity contribution in [1.82, 2.24) is 40.5 Å². The van der Waals surface area contributed by atoms with Gasteiger partial charge in [-0.2, -0.15) is 0 Å². The van der Waals surface area contributed by atoms with E-state index in [4.69, 9.17) is 128 Å². The number of hydrogen-bond donors (Lipinski definition) is 0. The van der Waals surface area contributed by atoms with Crippen molar-refractivity contribution in [3.63, 3.8) is 0 Å². The number of carbonyl (C=O) groups excluding carboxylic acids is 24. The summed E-state index contributed by atoms with van der Waals surface area (Å²) in [5.41, 5.74) is 0. The van der Waals surface area contributed by atoms with Crippen molar-refractivity contribution in [2.45, 2.75) is 139 Å². The average Bonchev–Trinajstić information content (AvgIpc) is 1.77. The zero-order valence-electron chi connectivity index (χ0n) is 71.8. The maximum absolute atomic E-state index is 12.7. The van der Waals surface area contributed by atoms with Crippen LogP contribution in [0, 0.1) is 0 Å². The third-order valence-corrected chi connectivity index (χ3v) is 17.9. The normalized spacial score (nSPS) is 17.7. The van der Waals surface area contributed by atoms with E-state index in [0.717, 1.165) is 0 Å². The van der Waals surface area contributed by atoms with Gasteiger partial charge in [0.1, 0.15) is 89.5 Å². The van der Waals surface area contributed by atoms with Gasteiger partial charge in [0, 0.05) is 103 Å². The lowest BCUT2D eigenvalue weighted by Crippen LogP contribution is -2.36. The van der Waals surface area contributed by atoms with Crippen LogP contribution in [0.15, 0.2) is 0 Å². The van der Waals surface area contributed by atoms with E-state index >= 15 is 0 Å². The molecule has 748 valence electrons. The third-order valence-electron chi connectivity index (χ3n) is 17.9. The smallest absolute Gasteiger partial charge is 0.430 e. The second kappa shape index (κ2) is 57.4. The largest absolute Gasteiger partial charge is 0.534 e. The summed E-state index contributed by atoms with van der Waals surface area (Å²) in [5.74, 6) is -13.1. The second-order valence-electron chi connectivity index (χ2n) is 28.0. The first-order valence-corrected chi connectivity index (χ1v) is 41.3. The van der Waals surface area contributed by atoms with Crippen molar-refractivity contribution in [1.29, 1.82) is 0 Å². The van der Waals surface area contributed by atoms with Crippen LogP contribution in [-0.2, 0) is 215 Å². The number of imide groups is 8. The van der Waals surface area contributed by atoms with Crippen LogP contribution in [0.1, 0.15) is 103 Å². The number of hydroxylamine groups is 16. The van der Waals surface area contributed by atoms with Crippen LogP contribution in [0.25, 0.3) is 0 Å². The number of rotatable bonds is 62. The summed E-state index contributed by atoms with van der Waals surface area (Å²) in [6, 6.07) is 0. The molecule has 0 saturated carbocycles. The molecule has 8 saturated heterocycles. The minimum absolute atomic E-state index is 0.207. The van der Waals surface area contributed by atoms with Crippen LogP contribution < -0.4 is 0 Å². The lowest BCUT2D eigenvalue weighted by atomic mass is 10.3. The average molecular weight is 1940 g/mol. The van der Waals surface area contributed by atoms with Crippen molar-refractivity contribution in [3.8, 4) is 0 Å². The van der Waals surface area contributed by atoms with Gasteiger partial charge in [0.05, 0.1) is 132 Å². The SMILES string of the molecule is O=C(OCCOCC(COCC(COCC(COCC(COCC(COCC(COCCOC(=O)ON1C(=O)CCC1=O)OCCOC(=O)ON1C(=O)CCC1=O)OCCOC(=O)ON1C(=O)CCC1=O)OCCOC(=O)ON1C(=O)CCC1=O)OCCOC(=O)ON1C(=O)CCC1=O)OCCOC(=O)ON1C(=O)CCC1=O)OCCOC(=O)ON1C(=O)CCC1=O)ON1C(=O)CCC1=O. The highest BCUT2D eigenvalue weighted by Crippen LogP contribution is 2.21. The molecule has 0 N–H and O–H groups in total. The second-order valence-corrected chi connectivity index (χ2v) is 28.0. The summed E-state index contributed by atoms with van der Waals surface area (Å²) in [7, 11) is 0. The molecule has 16 amide bonds. The van der Waals surface area contributed by atoms with Crippen LogP contribution in [0.4, 0.5) is 38.4 Å². The Morgan fingerprint density at radius 1 is 0.156 bits per heavy atom. The van der Waals surface area contributed by atoms with E-state index in [1.54, 1.807) is 0 Å². The molecular formula is C74H94N8O53. The highest BCUT2D eigenvalue weighted by atomic mass is 16.9. The van der Waals surface area contributed by atoms with Crippen molar-refractivity contribution in [2.75, 3.05) is 185 Å². The van der Waals surface area contributed by atoms with E-state index in [1.165, 1.54) is 0 Å². The molecule has 135 heavy (non-hydrogen) atoms. The molecule has 8 heterocycles. The van der Waals surface area contributed by atoms with Gasteiger partial charge in [-0.1, -0.05) is 40.5 Å². The molecular weight excluding hydrogens is 1850 g/mol. The maximum atomic E-state index is 12.7. The fourth-order valence-corrected chi connectivity index (χ4v) is 11.4. The summed E-state index contributed by atoms with van der Waals surface area (Å²) in [4.78, 5) is 331. The molecule has 6 atom stereocenters. The topological polar surface area (TPSA) is 703 Å². The molecule has 0 spiro atoms. The van der Waals surface area contributed by atoms with Gasteiger partial charge in [-0.15, -0.1) is 0 Å². The highest BCUT2D eigenvalue weighted by molar-refractivity contribution is 6.05. The summed E-state index contributed by atoms with van der Waals surface area (Å²) in [6.07, 6.45) is -22.8. The third kappa shape index (κ3) is 38.3. The summed E-state index contributed by atoms with van der Waals surface area (Å²) in [6.45, 7) is -14.1. The van der Waals surface area contributed by atoms with Crippen LogP contribution in [0.5, 0.6) is 0 Å². The maximum Gasteiger partial charge on any atom is 0.534 e. The fraction of sp³-hybridized carbons (Fsp3) is 0.676. The van der Waals surface area contributed by atoms with Crippen molar-refractivity contribution >= 4 is 144 Å². The van der Waals surface area contributed by atoms with Gasteiger partial charge >= 0.3 is 49.2 Å². The fourth-order valence-electron chi connectivity index (χ4n) is 11.4. The Morgan fingerprint density at radius 2 is 0.259 bits per heavy atom. The lowest BCUT2D eigenvalue weighted by molar-refractivity contribution is -0.178. The molecule has 6 unspecified atom stereocenters. The van der Waals surface area contributed by atoms with Crippen molar-refractivity contribution in [2.24, 2.45) is 0 Å². The number of nitrogens with zero attached hydrogens (tertiary/aromatic N) is 8. The van der Waals surface area contributed by atoms with Gasteiger partial charge in [-0.25, -0.2) is 38.4 Å². The molecule has 8 aliphatic rings. The monoisotopic (exact) mass is 1940 g/mol. The zero-order valence-corrected chi connectivity index (χ0v) is 71.8. The van der Waals surface area contributed by atoms with Gasteiger partial charge in [-0.3, -0.25) is 115 Å². The number of amides is 16. The highest BCUT2D eigenvalue weighted by Gasteiger charge is 2.41. The van der Waals surface area contributed by atoms with Gasteiger partial charge in [0.2, 0.25) is 0 Å². The van der Waals surface area contributed by atoms with Crippen molar-refractivity contribution < 1.29 is 253 Å². The van der Waals surface area contributed by atoms with E-state index in [-0.39, 0.29) is 156 Å². The molecule has 0 aromatic heterocycles. The Morgan fingerprint density at radius 3 is 0.378 bits per heavy atom. The van der Waals surface area contributed by atoms with Gasteiger partial charge in [0.15, 0.2) is 0 Å². The Labute approximate surface area is 759 Å². The van der Waals surface area contributed by atoms with E-state index in [1.807, 2.05) is 0 Å². The predicted molar refractivity (Wildman–Crippen MR) is 402 cm³/mol. The quantitative estimate of drug-likeness (QED) is 0.0256. The zero-order chi connectivity index (χ0) is 97.6.